The maximum absolute atomic E-state index is 11.0. The first-order valence-corrected chi connectivity index (χ1v) is 8.39. The van der Waals surface area contributed by atoms with Gasteiger partial charge in [0.15, 0.2) is 0 Å². The van der Waals surface area contributed by atoms with Crippen molar-refractivity contribution in [2.75, 3.05) is 13.1 Å². The zero-order chi connectivity index (χ0) is 16.1. The van der Waals surface area contributed by atoms with E-state index in [2.05, 4.69) is 10.2 Å². The smallest absolute Gasteiger partial charge is 0.216 e. The van der Waals surface area contributed by atoms with Crippen molar-refractivity contribution in [2.45, 2.75) is 45.2 Å². The Bertz CT molecular complexity index is 537. The zero-order valence-electron chi connectivity index (χ0n) is 12.7. The van der Waals surface area contributed by atoms with Crippen LogP contribution >= 0.6 is 23.2 Å². The Labute approximate surface area is 141 Å². The van der Waals surface area contributed by atoms with Crippen molar-refractivity contribution < 1.29 is 9.90 Å². The van der Waals surface area contributed by atoms with Crippen molar-refractivity contribution in [1.82, 2.24) is 10.2 Å². The number of carbonyl (C=O) groups excluding carboxylic acids is 1. The van der Waals surface area contributed by atoms with E-state index in [0.717, 1.165) is 31.4 Å². The molecule has 2 N–H and O–H groups in total. The second-order valence-corrected chi connectivity index (χ2v) is 6.54. The topological polar surface area (TPSA) is 52.6 Å². The van der Waals surface area contributed by atoms with Gasteiger partial charge >= 0.3 is 0 Å². The maximum atomic E-state index is 11.0. The number of phenolic OH excluding ortho intramolecular Hbond substituents is 1. The molecule has 1 atom stereocenters. The van der Waals surface area contributed by atoms with Crippen LogP contribution in [0.5, 0.6) is 5.75 Å². The Hall–Kier alpha value is -0.970. The molecule has 0 saturated carbocycles. The molecular formula is C16H22Cl2N2O2. The van der Waals surface area contributed by atoms with E-state index in [1.807, 2.05) is 0 Å². The van der Waals surface area contributed by atoms with Gasteiger partial charge in [-0.1, -0.05) is 29.6 Å². The van der Waals surface area contributed by atoms with Crippen LogP contribution in [-0.4, -0.2) is 35.0 Å². The predicted octanol–water partition coefficient (Wildman–Crippen LogP) is 3.58. The summed E-state index contributed by atoms with van der Waals surface area (Å²) in [6, 6.07) is 3.59. The number of benzene rings is 1. The highest BCUT2D eigenvalue weighted by Crippen LogP contribution is 2.34. The van der Waals surface area contributed by atoms with E-state index in [1.165, 1.54) is 19.4 Å². The lowest BCUT2D eigenvalue weighted by Crippen LogP contribution is -2.41. The van der Waals surface area contributed by atoms with Crippen LogP contribution in [0, 0.1) is 0 Å². The minimum atomic E-state index is 0.00132. The van der Waals surface area contributed by atoms with E-state index in [4.69, 9.17) is 23.2 Å². The summed E-state index contributed by atoms with van der Waals surface area (Å²) in [5, 5.41) is 13.5. The van der Waals surface area contributed by atoms with E-state index in [1.54, 1.807) is 6.07 Å². The van der Waals surface area contributed by atoms with Crippen LogP contribution in [0.15, 0.2) is 12.1 Å². The van der Waals surface area contributed by atoms with Gasteiger partial charge < -0.3 is 10.4 Å². The van der Waals surface area contributed by atoms with Crippen molar-refractivity contribution in [2.24, 2.45) is 0 Å². The Morgan fingerprint density at radius 3 is 2.91 bits per heavy atom. The van der Waals surface area contributed by atoms with E-state index >= 15 is 0 Å². The molecule has 0 aliphatic carbocycles. The molecule has 1 heterocycles. The van der Waals surface area contributed by atoms with Gasteiger partial charge in [0.25, 0.3) is 0 Å². The second-order valence-electron chi connectivity index (χ2n) is 5.75. The van der Waals surface area contributed by atoms with E-state index < -0.39 is 0 Å². The standard InChI is InChI=1S/C16H22Cl2N2O2/c1-11(21)19-8-7-12-4-2-3-9-20(12)10-13-14(17)5-6-15(22)16(13)18/h5-6,12,22H,2-4,7-10H2,1H3,(H,19,21). The highest BCUT2D eigenvalue weighted by atomic mass is 35.5. The summed E-state index contributed by atoms with van der Waals surface area (Å²) in [5.74, 6) is 0.0642. The van der Waals surface area contributed by atoms with Gasteiger partial charge in [0.1, 0.15) is 5.75 Å². The van der Waals surface area contributed by atoms with Crippen molar-refractivity contribution in [1.29, 1.82) is 0 Å². The van der Waals surface area contributed by atoms with Crippen LogP contribution in [-0.2, 0) is 11.3 Å². The van der Waals surface area contributed by atoms with E-state index in [0.29, 0.717) is 29.2 Å². The summed E-state index contributed by atoms with van der Waals surface area (Å²) < 4.78 is 0. The summed E-state index contributed by atoms with van der Waals surface area (Å²) >= 11 is 12.4. The number of hydrogen-bond donors (Lipinski definition) is 2. The van der Waals surface area contributed by atoms with Gasteiger partial charge in [-0.05, 0) is 37.9 Å². The van der Waals surface area contributed by atoms with Crippen LogP contribution in [0.25, 0.3) is 0 Å². The normalized spacial score (nSPS) is 19.1. The van der Waals surface area contributed by atoms with Crippen LogP contribution in [0.1, 0.15) is 38.2 Å². The lowest BCUT2D eigenvalue weighted by Gasteiger charge is -2.36. The number of hydrogen-bond acceptors (Lipinski definition) is 3. The predicted molar refractivity (Wildman–Crippen MR) is 89.5 cm³/mol. The largest absolute Gasteiger partial charge is 0.506 e. The summed E-state index contributed by atoms with van der Waals surface area (Å²) in [7, 11) is 0. The number of aromatic hydroxyl groups is 1. The van der Waals surface area contributed by atoms with Gasteiger partial charge in [0.05, 0.1) is 5.02 Å². The molecular weight excluding hydrogens is 323 g/mol. The first kappa shape index (κ1) is 17.4. The molecule has 6 heteroatoms. The van der Waals surface area contributed by atoms with Gasteiger partial charge in [-0.15, -0.1) is 0 Å². The molecule has 0 spiro atoms. The molecule has 22 heavy (non-hydrogen) atoms. The average molecular weight is 345 g/mol. The molecule has 1 aromatic carbocycles. The van der Waals surface area contributed by atoms with Crippen molar-refractivity contribution in [3.8, 4) is 5.75 Å². The number of piperidine rings is 1. The lowest BCUT2D eigenvalue weighted by molar-refractivity contribution is -0.119. The second kappa shape index (κ2) is 8.04. The monoisotopic (exact) mass is 344 g/mol. The van der Waals surface area contributed by atoms with Gasteiger partial charge in [-0.25, -0.2) is 0 Å². The molecule has 0 radical (unpaired) electrons. The number of phenols is 1. The van der Waals surface area contributed by atoms with Crippen LogP contribution in [0.3, 0.4) is 0 Å². The molecule has 1 fully saturated rings. The number of rotatable bonds is 5. The third kappa shape index (κ3) is 4.51. The number of amides is 1. The zero-order valence-corrected chi connectivity index (χ0v) is 14.3. The average Bonchev–Trinajstić information content (AvgIpc) is 2.49. The van der Waals surface area contributed by atoms with Crippen molar-refractivity contribution >= 4 is 29.1 Å². The Morgan fingerprint density at radius 1 is 1.41 bits per heavy atom. The van der Waals surface area contributed by atoms with Crippen molar-refractivity contribution in [3.05, 3.63) is 27.7 Å². The third-order valence-corrected chi connectivity index (χ3v) is 4.90. The van der Waals surface area contributed by atoms with E-state index in [9.17, 15) is 9.90 Å². The lowest BCUT2D eigenvalue weighted by atomic mass is 9.98. The Morgan fingerprint density at radius 2 is 2.18 bits per heavy atom. The minimum Gasteiger partial charge on any atom is -0.506 e. The molecule has 1 aromatic rings. The summed E-state index contributed by atoms with van der Waals surface area (Å²) in [6.07, 6.45) is 4.36. The highest BCUT2D eigenvalue weighted by molar-refractivity contribution is 6.36. The van der Waals surface area contributed by atoms with E-state index in [-0.39, 0.29) is 11.7 Å². The molecule has 1 unspecified atom stereocenters. The van der Waals surface area contributed by atoms with Crippen LogP contribution < -0.4 is 5.32 Å². The molecule has 4 nitrogen and oxygen atoms in total. The molecule has 1 aliphatic rings. The summed E-state index contributed by atoms with van der Waals surface area (Å²) in [6.45, 7) is 3.81. The molecule has 1 aliphatic heterocycles. The quantitative estimate of drug-likeness (QED) is 0.858. The summed E-state index contributed by atoms with van der Waals surface area (Å²) in [4.78, 5) is 13.3. The maximum Gasteiger partial charge on any atom is 0.216 e. The highest BCUT2D eigenvalue weighted by Gasteiger charge is 2.24. The number of likely N-dealkylation sites (tertiary alicyclic amines) is 1. The number of carbonyl (C=O) groups is 1. The van der Waals surface area contributed by atoms with Crippen LogP contribution in [0.2, 0.25) is 10.0 Å². The SMILES string of the molecule is CC(=O)NCCC1CCCCN1Cc1c(Cl)ccc(O)c1Cl. The molecule has 0 aromatic heterocycles. The third-order valence-electron chi connectivity index (χ3n) is 4.13. The van der Waals surface area contributed by atoms with Crippen molar-refractivity contribution in [3.63, 3.8) is 0 Å². The fourth-order valence-electron chi connectivity index (χ4n) is 2.94. The van der Waals surface area contributed by atoms with Gasteiger partial charge in [-0.2, -0.15) is 0 Å². The van der Waals surface area contributed by atoms with Crippen LogP contribution in [0.4, 0.5) is 0 Å². The van der Waals surface area contributed by atoms with Gasteiger partial charge in [0.2, 0.25) is 5.91 Å². The minimum absolute atomic E-state index is 0.00132. The fourth-order valence-corrected chi connectivity index (χ4v) is 3.43. The molecule has 1 amide bonds. The summed E-state index contributed by atoms with van der Waals surface area (Å²) in [5.41, 5.74) is 0.773. The Kier molecular flexibility index (Phi) is 6.36. The van der Waals surface area contributed by atoms with Gasteiger partial charge in [0, 0.05) is 36.6 Å². The Balaban J connectivity index is 2.05. The number of halogens is 2. The molecule has 1 saturated heterocycles. The molecule has 0 bridgehead atoms. The number of nitrogens with one attached hydrogen (secondary N) is 1. The molecule has 2 rings (SSSR count). The first-order valence-electron chi connectivity index (χ1n) is 7.63. The van der Waals surface area contributed by atoms with Gasteiger partial charge in [-0.3, -0.25) is 9.69 Å². The fraction of sp³-hybridized carbons (Fsp3) is 0.562. The molecule has 122 valence electrons. The first-order chi connectivity index (χ1) is 10.5. The number of nitrogens with zero attached hydrogens (tertiary/aromatic N) is 1.